The fourth-order valence-corrected chi connectivity index (χ4v) is 6.18. The number of primary amides is 1. The first-order valence-corrected chi connectivity index (χ1v) is 13.8. The van der Waals surface area contributed by atoms with Crippen molar-refractivity contribution in [2.45, 2.75) is 50.6 Å². The Hall–Kier alpha value is -3.22. The number of nitriles is 1. The number of rotatable bonds is 6. The molecule has 4 atom stereocenters. The molecule has 41 heavy (non-hydrogen) atoms. The van der Waals surface area contributed by atoms with E-state index >= 15 is 8.78 Å². The number of benzene rings is 3. The van der Waals surface area contributed by atoms with Crippen molar-refractivity contribution in [1.82, 2.24) is 5.32 Å². The van der Waals surface area contributed by atoms with Gasteiger partial charge < -0.3 is 16.4 Å². The van der Waals surface area contributed by atoms with Gasteiger partial charge in [0.1, 0.15) is 17.0 Å². The molecule has 1 aliphatic rings. The molecule has 0 aliphatic carbocycles. The lowest BCUT2D eigenvalue weighted by molar-refractivity contribution is -0.118. The second-order valence-corrected chi connectivity index (χ2v) is 12.5. The van der Waals surface area contributed by atoms with E-state index in [0.717, 1.165) is 6.07 Å². The number of amides is 2. The maximum atomic E-state index is 15.7. The summed E-state index contributed by atoms with van der Waals surface area (Å²) in [5, 5.41) is 16.8. The first-order valence-electron chi connectivity index (χ1n) is 12.7. The van der Waals surface area contributed by atoms with Crippen LogP contribution in [0.15, 0.2) is 54.6 Å². The molecule has 214 valence electrons. The van der Waals surface area contributed by atoms with Crippen molar-refractivity contribution in [1.29, 1.82) is 5.26 Å². The van der Waals surface area contributed by atoms with Gasteiger partial charge in [0.15, 0.2) is 0 Å². The van der Waals surface area contributed by atoms with Gasteiger partial charge in [0, 0.05) is 28.2 Å². The fraction of sp³-hybridized carbons (Fsp3) is 0.300. The number of hydrogen-bond acceptors (Lipinski definition) is 4. The molecule has 1 saturated heterocycles. The van der Waals surface area contributed by atoms with Gasteiger partial charge >= 0.3 is 0 Å². The third-order valence-corrected chi connectivity index (χ3v) is 8.07. The van der Waals surface area contributed by atoms with Crippen LogP contribution in [0.1, 0.15) is 54.6 Å². The maximum Gasteiger partial charge on any atom is 0.250 e. The Bertz CT molecular complexity index is 1570. The van der Waals surface area contributed by atoms with E-state index < -0.39 is 46.9 Å². The van der Waals surface area contributed by atoms with Crippen molar-refractivity contribution in [2.24, 2.45) is 11.1 Å². The fourth-order valence-electron chi connectivity index (χ4n) is 5.57. The predicted octanol–water partition coefficient (Wildman–Crippen LogP) is 6.98. The largest absolute Gasteiger partial charge is 0.366 e. The Morgan fingerprint density at radius 1 is 1.07 bits per heavy atom. The molecular formula is C30H27Cl3F2N4O2. The van der Waals surface area contributed by atoms with Crippen LogP contribution in [0.2, 0.25) is 15.1 Å². The Kier molecular flexibility index (Phi) is 8.68. The van der Waals surface area contributed by atoms with Crippen LogP contribution in [0, 0.1) is 28.4 Å². The number of carbonyl (C=O) groups is 2. The van der Waals surface area contributed by atoms with Gasteiger partial charge in [-0.1, -0.05) is 73.8 Å². The third-order valence-electron chi connectivity index (χ3n) is 7.23. The zero-order valence-corrected chi connectivity index (χ0v) is 24.6. The Labute approximate surface area is 251 Å². The highest BCUT2D eigenvalue weighted by Gasteiger charge is 2.61. The third kappa shape index (κ3) is 5.91. The predicted molar refractivity (Wildman–Crippen MR) is 156 cm³/mol. The van der Waals surface area contributed by atoms with E-state index in [0.29, 0.717) is 6.42 Å². The lowest BCUT2D eigenvalue weighted by Crippen LogP contribution is -2.45. The normalized spacial score (nSPS) is 22.3. The van der Waals surface area contributed by atoms with Crippen molar-refractivity contribution < 1.29 is 18.4 Å². The molecule has 0 radical (unpaired) electrons. The molecule has 11 heteroatoms. The number of carbonyl (C=O) groups excluding carboxylic acids is 2. The Morgan fingerprint density at radius 3 is 2.37 bits per heavy atom. The molecule has 6 nitrogen and oxygen atoms in total. The van der Waals surface area contributed by atoms with Gasteiger partial charge in [-0.25, -0.2) is 8.78 Å². The number of nitrogens with one attached hydrogen (secondary N) is 2. The molecule has 4 rings (SSSR count). The van der Waals surface area contributed by atoms with E-state index in [1.54, 1.807) is 0 Å². The first kappa shape index (κ1) is 30.7. The van der Waals surface area contributed by atoms with Gasteiger partial charge in [0.25, 0.3) is 0 Å². The van der Waals surface area contributed by atoms with Crippen LogP contribution in [0.5, 0.6) is 0 Å². The molecule has 1 aliphatic heterocycles. The quantitative estimate of drug-likeness (QED) is 0.277. The van der Waals surface area contributed by atoms with Crippen LogP contribution in [0.4, 0.5) is 14.5 Å². The summed E-state index contributed by atoms with van der Waals surface area (Å²) in [5.74, 6) is -4.19. The van der Waals surface area contributed by atoms with E-state index in [1.165, 1.54) is 48.5 Å². The average Bonchev–Trinajstić information content (AvgIpc) is 3.18. The summed E-state index contributed by atoms with van der Waals surface area (Å²) in [5.41, 5.74) is 3.42. The van der Waals surface area contributed by atoms with E-state index in [2.05, 4.69) is 16.7 Å². The molecule has 0 spiro atoms. The van der Waals surface area contributed by atoms with E-state index in [-0.39, 0.29) is 42.9 Å². The molecule has 2 amide bonds. The molecule has 1 heterocycles. The number of hydrogen-bond donors (Lipinski definition) is 3. The summed E-state index contributed by atoms with van der Waals surface area (Å²) >= 11 is 18.4. The van der Waals surface area contributed by atoms with Crippen molar-refractivity contribution in [2.75, 3.05) is 5.32 Å². The van der Waals surface area contributed by atoms with Gasteiger partial charge in [0.05, 0.1) is 27.7 Å². The van der Waals surface area contributed by atoms with Crippen LogP contribution >= 0.6 is 34.8 Å². The van der Waals surface area contributed by atoms with Crippen molar-refractivity contribution >= 4 is 52.3 Å². The summed E-state index contributed by atoms with van der Waals surface area (Å²) in [4.78, 5) is 25.5. The lowest BCUT2D eigenvalue weighted by Gasteiger charge is -2.37. The molecule has 3 aromatic carbocycles. The summed E-state index contributed by atoms with van der Waals surface area (Å²) < 4.78 is 31.4. The molecular weight excluding hydrogens is 593 g/mol. The Morgan fingerprint density at radius 2 is 1.78 bits per heavy atom. The summed E-state index contributed by atoms with van der Waals surface area (Å²) in [6.45, 7) is 5.83. The highest BCUT2D eigenvalue weighted by atomic mass is 35.5. The van der Waals surface area contributed by atoms with Crippen LogP contribution in [0.3, 0.4) is 0 Å². The minimum atomic E-state index is -1.76. The van der Waals surface area contributed by atoms with Crippen LogP contribution in [0.25, 0.3) is 0 Å². The molecule has 1 fully saturated rings. The van der Waals surface area contributed by atoms with Gasteiger partial charge in [-0.05, 0) is 53.8 Å². The van der Waals surface area contributed by atoms with Crippen molar-refractivity contribution in [3.8, 4) is 6.07 Å². The standard InChI is InChI=1S/C30H27Cl3F2N4O2/c1-29(2,3)13-23-30(14-36,19-10-7-15(31)11-22(19)34)24(18-5-4-6-20(32)25(18)35)26(39-23)28(41)38-16-8-9-17(27(37)40)21(33)12-16/h4-12,23-24,26,39H,13H2,1-3H3,(H2,37,40)(H,38,41)/t23?,24?,26-,30+/m1/s1. The first-order chi connectivity index (χ1) is 19.2. The van der Waals surface area contributed by atoms with Crippen molar-refractivity contribution in [3.05, 3.63) is 98.0 Å². The summed E-state index contributed by atoms with van der Waals surface area (Å²) in [7, 11) is 0. The number of halogens is 5. The van der Waals surface area contributed by atoms with Crippen LogP contribution < -0.4 is 16.4 Å². The van der Waals surface area contributed by atoms with Gasteiger partial charge in [-0.3, -0.25) is 9.59 Å². The lowest BCUT2D eigenvalue weighted by atomic mass is 9.62. The second kappa shape index (κ2) is 11.6. The van der Waals surface area contributed by atoms with Gasteiger partial charge in [0.2, 0.25) is 11.8 Å². The minimum absolute atomic E-state index is 0.0207. The highest BCUT2D eigenvalue weighted by Crippen LogP contribution is 2.53. The molecule has 0 saturated carbocycles. The zero-order chi connectivity index (χ0) is 30.3. The number of nitrogens with zero attached hydrogens (tertiary/aromatic N) is 1. The van der Waals surface area contributed by atoms with E-state index in [4.69, 9.17) is 40.5 Å². The topological polar surface area (TPSA) is 108 Å². The number of nitrogens with two attached hydrogens (primary N) is 1. The van der Waals surface area contributed by atoms with Gasteiger partial charge in [-0.15, -0.1) is 0 Å². The van der Waals surface area contributed by atoms with E-state index in [1.807, 2.05) is 20.8 Å². The number of anilines is 1. The van der Waals surface area contributed by atoms with Crippen LogP contribution in [-0.4, -0.2) is 23.9 Å². The monoisotopic (exact) mass is 618 g/mol. The van der Waals surface area contributed by atoms with Crippen LogP contribution in [-0.2, 0) is 10.2 Å². The summed E-state index contributed by atoms with van der Waals surface area (Å²) in [6.07, 6.45) is 0.324. The highest BCUT2D eigenvalue weighted by molar-refractivity contribution is 6.34. The minimum Gasteiger partial charge on any atom is -0.366 e. The molecule has 3 aromatic rings. The van der Waals surface area contributed by atoms with Gasteiger partial charge in [-0.2, -0.15) is 5.26 Å². The zero-order valence-electron chi connectivity index (χ0n) is 22.4. The van der Waals surface area contributed by atoms with E-state index in [9.17, 15) is 14.9 Å². The molecule has 4 N–H and O–H groups in total. The second-order valence-electron chi connectivity index (χ2n) is 11.2. The average molecular weight is 620 g/mol. The SMILES string of the molecule is CC(C)(C)CC1N[C@@H](C(=O)Nc2ccc(C(N)=O)c(Cl)c2)C(c2cccc(Cl)c2F)[C@@]1(C#N)c1ccc(Cl)cc1F. The molecule has 0 aromatic heterocycles. The smallest absolute Gasteiger partial charge is 0.250 e. The molecule has 2 unspecified atom stereocenters. The summed E-state index contributed by atoms with van der Waals surface area (Å²) in [6, 6.07) is 12.7. The molecule has 0 bridgehead atoms. The van der Waals surface area contributed by atoms with Crippen molar-refractivity contribution in [3.63, 3.8) is 0 Å². The Balaban J connectivity index is 1.93. The maximum absolute atomic E-state index is 15.7.